The van der Waals surface area contributed by atoms with Crippen LogP contribution in [0.3, 0.4) is 0 Å². The lowest BCUT2D eigenvalue weighted by Gasteiger charge is -2.30. The van der Waals surface area contributed by atoms with Crippen LogP contribution in [0.15, 0.2) is 59.9 Å². The Bertz CT molecular complexity index is 1180. The van der Waals surface area contributed by atoms with Gasteiger partial charge in [-0.2, -0.15) is 0 Å². The Balaban J connectivity index is 1.13. The summed E-state index contributed by atoms with van der Waals surface area (Å²) in [5, 5.41) is 16.4. The molecule has 1 amide bonds. The van der Waals surface area contributed by atoms with Crippen LogP contribution in [0.5, 0.6) is 0 Å². The molecular formula is C32H41N3O4. The molecule has 1 saturated heterocycles. The zero-order chi connectivity index (χ0) is 27.2. The smallest absolute Gasteiger partial charge is 0.306 e. The van der Waals surface area contributed by atoms with Crippen molar-refractivity contribution in [3.63, 3.8) is 0 Å². The number of aryl methyl sites for hydroxylation is 1. The number of anilines is 2. The Hall–Kier alpha value is -3.32. The third kappa shape index (κ3) is 7.01. The summed E-state index contributed by atoms with van der Waals surface area (Å²) in [7, 11) is 0. The van der Waals surface area contributed by atoms with Gasteiger partial charge in [0.1, 0.15) is 5.82 Å². The Labute approximate surface area is 231 Å². The molecule has 1 aliphatic heterocycles. The number of carbonyl (C=O) groups excluding carboxylic acids is 1. The predicted molar refractivity (Wildman–Crippen MR) is 154 cm³/mol. The average molecular weight is 532 g/mol. The van der Waals surface area contributed by atoms with E-state index in [1.54, 1.807) is 0 Å². The van der Waals surface area contributed by atoms with E-state index in [9.17, 15) is 14.7 Å². The SMILES string of the molecule is Cc1ccccc1NC(Nc1ccc(CC(=O)N2CCCC2COC2CCC(C(=O)O)CC2)cc1)=C1CCC1. The minimum atomic E-state index is -0.695. The minimum Gasteiger partial charge on any atom is -0.481 e. The topological polar surface area (TPSA) is 90.9 Å². The van der Waals surface area contributed by atoms with Gasteiger partial charge in [-0.15, -0.1) is 0 Å². The lowest BCUT2D eigenvalue weighted by Crippen LogP contribution is -2.40. The van der Waals surface area contributed by atoms with Gasteiger partial charge in [0.15, 0.2) is 0 Å². The van der Waals surface area contributed by atoms with Crippen LogP contribution in [0.25, 0.3) is 0 Å². The van der Waals surface area contributed by atoms with Crippen molar-refractivity contribution >= 4 is 23.3 Å². The molecule has 208 valence electrons. The van der Waals surface area contributed by atoms with Gasteiger partial charge in [0.05, 0.1) is 31.1 Å². The van der Waals surface area contributed by atoms with E-state index in [-0.39, 0.29) is 24.0 Å². The third-order valence-electron chi connectivity index (χ3n) is 8.54. The van der Waals surface area contributed by atoms with Crippen molar-refractivity contribution < 1.29 is 19.4 Å². The molecule has 3 fully saturated rings. The molecule has 2 aliphatic carbocycles. The summed E-state index contributed by atoms with van der Waals surface area (Å²) in [6.07, 6.45) is 8.84. The maximum Gasteiger partial charge on any atom is 0.306 e. The molecule has 1 heterocycles. The molecule has 39 heavy (non-hydrogen) atoms. The number of allylic oxidation sites excluding steroid dienone is 1. The first-order valence-corrected chi connectivity index (χ1v) is 14.5. The zero-order valence-corrected chi connectivity index (χ0v) is 23.0. The fourth-order valence-electron chi connectivity index (χ4n) is 5.85. The number of carboxylic acid groups (broad SMARTS) is 1. The highest BCUT2D eigenvalue weighted by Gasteiger charge is 2.31. The molecular weight excluding hydrogens is 490 g/mol. The van der Waals surface area contributed by atoms with Gasteiger partial charge in [0.25, 0.3) is 0 Å². The number of likely N-dealkylation sites (tertiary alicyclic amines) is 1. The number of nitrogens with zero attached hydrogens (tertiary/aromatic N) is 1. The van der Waals surface area contributed by atoms with Crippen LogP contribution in [-0.2, 0) is 20.7 Å². The molecule has 0 spiro atoms. The molecule has 3 N–H and O–H groups in total. The lowest BCUT2D eigenvalue weighted by molar-refractivity contribution is -0.144. The third-order valence-corrected chi connectivity index (χ3v) is 8.54. The van der Waals surface area contributed by atoms with Gasteiger partial charge in [-0.3, -0.25) is 9.59 Å². The highest BCUT2D eigenvalue weighted by Crippen LogP contribution is 2.31. The van der Waals surface area contributed by atoms with Crippen molar-refractivity contribution in [1.29, 1.82) is 0 Å². The largest absolute Gasteiger partial charge is 0.481 e. The Kier molecular flexibility index (Phi) is 8.87. The van der Waals surface area contributed by atoms with Crippen molar-refractivity contribution in [2.45, 2.75) is 83.3 Å². The second kappa shape index (κ2) is 12.7. The van der Waals surface area contributed by atoms with Crippen LogP contribution in [0.1, 0.15) is 68.9 Å². The monoisotopic (exact) mass is 531 g/mol. The minimum absolute atomic E-state index is 0.110. The Morgan fingerprint density at radius 1 is 0.949 bits per heavy atom. The van der Waals surface area contributed by atoms with Gasteiger partial charge in [-0.1, -0.05) is 30.3 Å². The van der Waals surface area contributed by atoms with Gasteiger partial charge >= 0.3 is 5.97 Å². The van der Waals surface area contributed by atoms with Crippen LogP contribution in [0.4, 0.5) is 11.4 Å². The summed E-state index contributed by atoms with van der Waals surface area (Å²) >= 11 is 0. The average Bonchev–Trinajstić information content (AvgIpc) is 3.38. The highest BCUT2D eigenvalue weighted by atomic mass is 16.5. The van der Waals surface area contributed by atoms with Gasteiger partial charge in [0, 0.05) is 17.9 Å². The van der Waals surface area contributed by atoms with E-state index in [1.165, 1.54) is 17.6 Å². The van der Waals surface area contributed by atoms with Crippen molar-refractivity contribution in [3.05, 3.63) is 71.1 Å². The maximum atomic E-state index is 13.2. The lowest BCUT2D eigenvalue weighted by atomic mass is 9.87. The number of carbonyl (C=O) groups is 2. The first-order chi connectivity index (χ1) is 19.0. The summed E-state index contributed by atoms with van der Waals surface area (Å²) in [4.78, 5) is 26.4. The molecule has 0 radical (unpaired) electrons. The number of aliphatic carboxylic acids is 1. The summed E-state index contributed by atoms with van der Waals surface area (Å²) in [6.45, 7) is 3.43. The summed E-state index contributed by atoms with van der Waals surface area (Å²) in [5.74, 6) is 0.284. The van der Waals surface area contributed by atoms with Crippen LogP contribution in [-0.4, -0.2) is 47.2 Å². The first kappa shape index (κ1) is 27.3. The van der Waals surface area contributed by atoms with Crippen molar-refractivity contribution in [3.8, 4) is 0 Å². The molecule has 7 nitrogen and oxygen atoms in total. The molecule has 1 atom stereocenters. The molecule has 2 aromatic carbocycles. The normalized spacial score (nSPS) is 22.7. The van der Waals surface area contributed by atoms with Crippen LogP contribution in [0.2, 0.25) is 0 Å². The fourth-order valence-corrected chi connectivity index (χ4v) is 5.85. The molecule has 0 aromatic heterocycles. The highest BCUT2D eigenvalue weighted by molar-refractivity contribution is 5.79. The first-order valence-electron chi connectivity index (χ1n) is 14.5. The number of para-hydroxylation sites is 1. The second-order valence-corrected chi connectivity index (χ2v) is 11.3. The van der Waals surface area contributed by atoms with Gasteiger partial charge in [-0.25, -0.2) is 0 Å². The maximum absolute atomic E-state index is 13.2. The molecule has 0 bridgehead atoms. The number of amides is 1. The molecule has 2 saturated carbocycles. The quantitative estimate of drug-likeness (QED) is 0.343. The van der Waals surface area contributed by atoms with Gasteiger partial charge in [-0.05, 0) is 99.6 Å². The number of carboxylic acids is 1. The molecule has 1 unspecified atom stereocenters. The Morgan fingerprint density at radius 3 is 2.36 bits per heavy atom. The van der Waals surface area contributed by atoms with Crippen LogP contribution >= 0.6 is 0 Å². The zero-order valence-electron chi connectivity index (χ0n) is 23.0. The number of rotatable bonds is 10. The predicted octanol–water partition coefficient (Wildman–Crippen LogP) is 6.11. The number of nitrogens with one attached hydrogen (secondary N) is 2. The van der Waals surface area contributed by atoms with E-state index in [1.807, 2.05) is 23.1 Å². The van der Waals surface area contributed by atoms with Gasteiger partial charge in [0.2, 0.25) is 5.91 Å². The van der Waals surface area contributed by atoms with E-state index in [2.05, 4.69) is 47.9 Å². The van der Waals surface area contributed by atoms with Crippen molar-refractivity contribution in [2.24, 2.45) is 5.92 Å². The summed E-state index contributed by atoms with van der Waals surface area (Å²) in [5.41, 5.74) is 5.75. The molecule has 5 rings (SSSR count). The van der Waals surface area contributed by atoms with Gasteiger partial charge < -0.3 is 25.4 Å². The van der Waals surface area contributed by atoms with E-state index in [0.29, 0.717) is 25.9 Å². The van der Waals surface area contributed by atoms with E-state index < -0.39 is 5.97 Å². The second-order valence-electron chi connectivity index (χ2n) is 11.3. The summed E-state index contributed by atoms with van der Waals surface area (Å²) < 4.78 is 6.16. The van der Waals surface area contributed by atoms with E-state index >= 15 is 0 Å². The van der Waals surface area contributed by atoms with E-state index in [0.717, 1.165) is 67.8 Å². The standard InChI is InChI=1S/C32H41N3O4/c1-22-6-2-3-10-29(22)34-31(24-7-4-8-24)33-26-15-11-23(12-16-26)20-30(36)35-19-5-9-27(35)21-39-28-17-13-25(14-18-28)32(37)38/h2-3,6,10-12,15-16,25,27-28,33-34H,4-5,7-9,13-14,17-21H2,1H3,(H,37,38). The molecule has 7 heteroatoms. The number of benzene rings is 2. The number of ether oxygens (including phenoxy) is 1. The van der Waals surface area contributed by atoms with Crippen LogP contribution < -0.4 is 10.6 Å². The van der Waals surface area contributed by atoms with Crippen LogP contribution in [0, 0.1) is 12.8 Å². The Morgan fingerprint density at radius 2 is 1.69 bits per heavy atom. The summed E-state index contributed by atoms with van der Waals surface area (Å²) in [6, 6.07) is 16.6. The number of hydrogen-bond donors (Lipinski definition) is 3. The fraction of sp³-hybridized carbons (Fsp3) is 0.500. The van der Waals surface area contributed by atoms with Crippen molar-refractivity contribution in [1.82, 2.24) is 4.90 Å². The van der Waals surface area contributed by atoms with E-state index in [4.69, 9.17) is 4.74 Å². The van der Waals surface area contributed by atoms with Crippen molar-refractivity contribution in [2.75, 3.05) is 23.8 Å². The molecule has 3 aliphatic rings. The number of hydrogen-bond acceptors (Lipinski definition) is 5. The molecule has 2 aromatic rings.